The van der Waals surface area contributed by atoms with Crippen LogP contribution >= 0.6 is 0 Å². The minimum atomic E-state index is -2.11. The van der Waals surface area contributed by atoms with Gasteiger partial charge in [0.05, 0.1) is 18.8 Å². The maximum absolute atomic E-state index is 12.5. The molecule has 0 amide bonds. The van der Waals surface area contributed by atoms with Crippen LogP contribution in [-0.2, 0) is 23.7 Å². The van der Waals surface area contributed by atoms with Crippen molar-refractivity contribution in [3.8, 4) is 23.0 Å². The number of hydrogen-bond donors (Lipinski definition) is 8. The Balaban J connectivity index is 1.21. The molecule has 2 saturated heterocycles. The zero-order chi connectivity index (χ0) is 36.0. The van der Waals surface area contributed by atoms with E-state index in [1.165, 1.54) is 54.6 Å². The molecule has 3 aromatic carbocycles. The van der Waals surface area contributed by atoms with Crippen molar-refractivity contribution in [2.45, 2.75) is 48.7 Å². The highest BCUT2D eigenvalue weighted by molar-refractivity contribution is 6.08. The summed E-state index contributed by atoms with van der Waals surface area (Å²) in [6.07, 6.45) is -5.81. The van der Waals surface area contributed by atoms with Gasteiger partial charge in [-0.2, -0.15) is 0 Å². The van der Waals surface area contributed by atoms with Gasteiger partial charge in [0.25, 0.3) is 0 Å². The molecule has 0 aromatic heterocycles. The molecule has 15 heteroatoms. The van der Waals surface area contributed by atoms with Crippen molar-refractivity contribution in [3.63, 3.8) is 0 Å². The summed E-state index contributed by atoms with van der Waals surface area (Å²) in [5.41, 5.74) is -0.960. The zero-order valence-electron chi connectivity index (χ0n) is 26.3. The van der Waals surface area contributed by atoms with Crippen LogP contribution in [0, 0.1) is 0 Å². The molecular weight excluding hydrogens is 660 g/mol. The lowest BCUT2D eigenvalue weighted by atomic mass is 9.98. The van der Waals surface area contributed by atoms with Crippen LogP contribution < -0.4 is 4.74 Å². The van der Waals surface area contributed by atoms with E-state index in [1.807, 2.05) is 0 Å². The largest absolute Gasteiger partial charge is 0.508 e. The van der Waals surface area contributed by atoms with Gasteiger partial charge >= 0.3 is 5.97 Å². The summed E-state index contributed by atoms with van der Waals surface area (Å²) in [5.74, 6) is -1.68. The van der Waals surface area contributed by atoms with Gasteiger partial charge in [-0.25, -0.2) is 4.79 Å². The van der Waals surface area contributed by atoms with Crippen LogP contribution in [0.15, 0.2) is 78.9 Å². The number of ketones is 1. The molecule has 266 valence electrons. The van der Waals surface area contributed by atoms with Crippen LogP contribution in [0.25, 0.3) is 12.2 Å². The number of hydrogen-bond acceptors (Lipinski definition) is 15. The van der Waals surface area contributed by atoms with Crippen molar-refractivity contribution in [3.05, 3.63) is 95.6 Å². The van der Waals surface area contributed by atoms with Gasteiger partial charge in [-0.15, -0.1) is 0 Å². The monoisotopic (exact) mass is 696 g/mol. The Labute approximate surface area is 285 Å². The maximum atomic E-state index is 12.5. The van der Waals surface area contributed by atoms with Gasteiger partial charge in [0.15, 0.2) is 23.8 Å². The molecule has 2 fully saturated rings. The summed E-state index contributed by atoms with van der Waals surface area (Å²) >= 11 is 0. The van der Waals surface area contributed by atoms with Gasteiger partial charge in [-0.1, -0.05) is 30.3 Å². The number of aliphatic hydroxyl groups is 5. The van der Waals surface area contributed by atoms with Crippen LogP contribution in [0.5, 0.6) is 23.0 Å². The summed E-state index contributed by atoms with van der Waals surface area (Å²) < 4.78 is 27.8. The van der Waals surface area contributed by atoms with Crippen LogP contribution in [0.1, 0.15) is 21.5 Å². The summed E-state index contributed by atoms with van der Waals surface area (Å²) in [4.78, 5) is 24.7. The van der Waals surface area contributed by atoms with E-state index in [4.69, 9.17) is 23.7 Å². The zero-order valence-corrected chi connectivity index (χ0v) is 26.3. The van der Waals surface area contributed by atoms with Crippen LogP contribution in [0.3, 0.4) is 0 Å². The SMILES string of the molecule is O=C(/C=C/c1ccc(O)cc1)OCC1(O)COC(OC2C(Oc3ccc(/C=C/C(=O)c4ccc(O)cc4O)cc3)OC(CO)C(O)C2O)C1O. The third-order valence-corrected chi connectivity index (χ3v) is 8.00. The number of aliphatic hydroxyl groups excluding tert-OH is 4. The second-order valence-corrected chi connectivity index (χ2v) is 11.7. The number of allylic oxidation sites excluding steroid dienone is 1. The number of carbonyl (C=O) groups excluding carboxylic acids is 2. The lowest BCUT2D eigenvalue weighted by Gasteiger charge is -2.42. The normalized spacial score (nSPS) is 28.2. The third kappa shape index (κ3) is 8.65. The maximum Gasteiger partial charge on any atom is 0.330 e. The highest BCUT2D eigenvalue weighted by Gasteiger charge is 2.54. The van der Waals surface area contributed by atoms with Crippen molar-refractivity contribution < 1.29 is 74.1 Å². The summed E-state index contributed by atoms with van der Waals surface area (Å²) in [7, 11) is 0. The van der Waals surface area contributed by atoms with Gasteiger partial charge in [0.1, 0.15) is 54.0 Å². The van der Waals surface area contributed by atoms with E-state index in [0.29, 0.717) is 11.1 Å². The fourth-order valence-electron chi connectivity index (χ4n) is 5.12. The predicted octanol–water partition coefficient (Wildman–Crippen LogP) is 0.607. The molecule has 5 rings (SSSR count). The molecule has 8 unspecified atom stereocenters. The van der Waals surface area contributed by atoms with Crippen molar-refractivity contribution in [1.82, 2.24) is 0 Å². The smallest absolute Gasteiger partial charge is 0.330 e. The Hall–Kier alpha value is -4.84. The van der Waals surface area contributed by atoms with Gasteiger partial charge in [-0.3, -0.25) is 4.79 Å². The summed E-state index contributed by atoms with van der Waals surface area (Å²) in [6.45, 7) is -1.91. The summed E-state index contributed by atoms with van der Waals surface area (Å²) in [5, 5.41) is 81.7. The molecule has 0 saturated carbocycles. The topological polar surface area (TPSA) is 242 Å². The number of benzene rings is 3. The summed E-state index contributed by atoms with van der Waals surface area (Å²) in [6, 6.07) is 15.8. The third-order valence-electron chi connectivity index (χ3n) is 8.00. The Morgan fingerprint density at radius 1 is 0.840 bits per heavy atom. The lowest BCUT2D eigenvalue weighted by molar-refractivity contribution is -0.318. The minimum Gasteiger partial charge on any atom is -0.508 e. The second-order valence-electron chi connectivity index (χ2n) is 11.7. The van der Waals surface area contributed by atoms with Crippen molar-refractivity contribution in [1.29, 1.82) is 0 Å². The fourth-order valence-corrected chi connectivity index (χ4v) is 5.12. The first-order valence-corrected chi connectivity index (χ1v) is 15.3. The highest BCUT2D eigenvalue weighted by atomic mass is 16.8. The molecule has 15 nitrogen and oxygen atoms in total. The van der Waals surface area contributed by atoms with Gasteiger partial charge in [-0.05, 0) is 59.7 Å². The number of ether oxygens (including phenoxy) is 5. The molecule has 50 heavy (non-hydrogen) atoms. The first-order valence-electron chi connectivity index (χ1n) is 15.3. The number of rotatable bonds is 12. The Bertz CT molecular complexity index is 1690. The van der Waals surface area contributed by atoms with Gasteiger partial charge in [0, 0.05) is 12.1 Å². The van der Waals surface area contributed by atoms with Gasteiger partial charge in [0.2, 0.25) is 6.29 Å². The van der Waals surface area contributed by atoms with Crippen molar-refractivity contribution in [2.75, 3.05) is 19.8 Å². The standard InChI is InChI=1S/C35H36O15/c36-16-27-29(42)30(43)31(50-34-32(44)35(45,18-47-34)17-46-28(41)14-6-19-1-7-21(37)8-2-19)33(49-27)48-23-10-3-20(4-11-23)5-13-25(39)24-12-9-22(38)15-26(24)40/h1-15,27,29-34,36-38,40,42-45H,16-18H2/b13-5+,14-6+. The molecule has 8 N–H and O–H groups in total. The van der Waals surface area contributed by atoms with E-state index >= 15 is 0 Å². The molecule has 0 aliphatic carbocycles. The van der Waals surface area contributed by atoms with E-state index in [1.54, 1.807) is 24.3 Å². The van der Waals surface area contributed by atoms with Crippen molar-refractivity contribution in [2.24, 2.45) is 0 Å². The first-order chi connectivity index (χ1) is 23.9. The number of phenolic OH excluding ortho intramolecular Hbond substituents is 3. The molecule has 0 spiro atoms. The molecule has 2 aliphatic heterocycles. The Morgan fingerprint density at radius 3 is 2.14 bits per heavy atom. The van der Waals surface area contributed by atoms with E-state index in [9.17, 15) is 50.4 Å². The molecule has 0 radical (unpaired) electrons. The average Bonchev–Trinajstić information content (AvgIpc) is 3.38. The quantitative estimate of drug-likeness (QED) is 0.0735. The average molecular weight is 697 g/mol. The Morgan fingerprint density at radius 2 is 1.48 bits per heavy atom. The van der Waals surface area contributed by atoms with E-state index < -0.39 is 80.3 Å². The van der Waals surface area contributed by atoms with Crippen molar-refractivity contribution >= 4 is 23.9 Å². The molecule has 0 bridgehead atoms. The lowest BCUT2D eigenvalue weighted by Crippen LogP contribution is -2.62. The first kappa shape index (κ1) is 36.4. The van der Waals surface area contributed by atoms with Gasteiger partial charge < -0.3 is 64.5 Å². The van der Waals surface area contributed by atoms with Crippen LogP contribution in [0.2, 0.25) is 0 Å². The molecule has 8 atom stereocenters. The van der Waals surface area contributed by atoms with Crippen LogP contribution in [0.4, 0.5) is 0 Å². The van der Waals surface area contributed by atoms with E-state index in [0.717, 1.165) is 12.1 Å². The fraction of sp³-hybridized carbons (Fsp3) is 0.314. The van der Waals surface area contributed by atoms with Crippen LogP contribution in [-0.4, -0.2) is 121 Å². The number of esters is 1. The number of aromatic hydroxyl groups is 3. The molecular formula is C35H36O15. The molecule has 2 heterocycles. The number of phenols is 3. The van der Waals surface area contributed by atoms with E-state index in [2.05, 4.69) is 0 Å². The molecule has 3 aromatic rings. The predicted molar refractivity (Wildman–Crippen MR) is 172 cm³/mol. The Kier molecular flexibility index (Phi) is 11.5. The highest BCUT2D eigenvalue weighted by Crippen LogP contribution is 2.33. The second kappa shape index (κ2) is 15.8. The molecule has 2 aliphatic rings. The van der Waals surface area contributed by atoms with E-state index in [-0.39, 0.29) is 28.6 Å². The number of carbonyl (C=O) groups is 2. The minimum absolute atomic E-state index is 0.00591.